The predicted molar refractivity (Wildman–Crippen MR) is 87.4 cm³/mol. The van der Waals surface area contributed by atoms with E-state index >= 15 is 0 Å². The molecule has 1 amide bonds. The van der Waals surface area contributed by atoms with Crippen LogP contribution in [0.1, 0.15) is 32.1 Å². The minimum atomic E-state index is -2.85. The van der Waals surface area contributed by atoms with E-state index in [9.17, 15) is 13.2 Å². The number of nitrogens with one attached hydrogen (secondary N) is 1. The molecule has 1 N–H and O–H groups in total. The summed E-state index contributed by atoms with van der Waals surface area (Å²) in [5.41, 5.74) is 0.108. The van der Waals surface area contributed by atoms with Gasteiger partial charge in [-0.1, -0.05) is 12.8 Å². The molecule has 1 saturated heterocycles. The first-order valence-corrected chi connectivity index (χ1v) is 10.5. The smallest absolute Gasteiger partial charge is 0.230 e. The Bertz CT molecular complexity index is 471. The maximum Gasteiger partial charge on any atom is 0.230 e. The molecular weight excluding hydrogens is 308 g/mol. The zero-order valence-corrected chi connectivity index (χ0v) is 14.6. The first-order chi connectivity index (χ1) is 9.83. The molecule has 0 aromatic heterocycles. The van der Waals surface area contributed by atoms with Crippen molar-refractivity contribution in [3.8, 4) is 0 Å². The van der Waals surface area contributed by atoms with Gasteiger partial charge in [0.05, 0.1) is 17.3 Å². The van der Waals surface area contributed by atoms with Crippen molar-refractivity contribution < 1.29 is 13.2 Å². The molecule has 1 heterocycles. The summed E-state index contributed by atoms with van der Waals surface area (Å²) in [5.74, 6) is 0.893. The summed E-state index contributed by atoms with van der Waals surface area (Å²) in [4.78, 5) is 14.2. The van der Waals surface area contributed by atoms with Gasteiger partial charge in [0.25, 0.3) is 0 Å². The van der Waals surface area contributed by atoms with Crippen LogP contribution in [0.3, 0.4) is 0 Å². The van der Waals surface area contributed by atoms with Gasteiger partial charge in [-0.3, -0.25) is 4.79 Å². The molecule has 0 radical (unpaired) electrons. The molecule has 7 heteroatoms. The topological polar surface area (TPSA) is 66.5 Å². The normalized spacial score (nSPS) is 27.1. The molecule has 0 bridgehead atoms. The standard InChI is InChI=1S/C14H26N2O3S2/c1-16(2)14(6-3-4-7-14)11-15-13(17)9-20-12-5-8-21(18,19)10-12/h12H,3-11H2,1-2H3,(H,15,17)/t12-/m0/s1. The van der Waals surface area contributed by atoms with Crippen LogP contribution < -0.4 is 5.32 Å². The minimum Gasteiger partial charge on any atom is -0.354 e. The first-order valence-electron chi connectivity index (χ1n) is 7.59. The Kier molecular flexibility index (Phi) is 5.59. The molecule has 0 aromatic rings. The van der Waals surface area contributed by atoms with Crippen LogP contribution in [0.4, 0.5) is 0 Å². The molecule has 21 heavy (non-hydrogen) atoms. The highest BCUT2D eigenvalue weighted by Gasteiger charge is 2.36. The van der Waals surface area contributed by atoms with E-state index in [1.807, 2.05) is 0 Å². The van der Waals surface area contributed by atoms with Gasteiger partial charge in [-0.25, -0.2) is 8.42 Å². The third-order valence-corrected chi connectivity index (χ3v) is 8.02. The average molecular weight is 335 g/mol. The fraction of sp³-hybridized carbons (Fsp3) is 0.929. The second-order valence-electron chi connectivity index (χ2n) is 6.44. The highest BCUT2D eigenvalue weighted by atomic mass is 32.2. The van der Waals surface area contributed by atoms with Gasteiger partial charge in [0.1, 0.15) is 0 Å². The van der Waals surface area contributed by atoms with Crippen molar-refractivity contribution in [2.24, 2.45) is 0 Å². The maximum atomic E-state index is 12.0. The van der Waals surface area contributed by atoms with Crippen molar-refractivity contribution in [1.29, 1.82) is 0 Å². The Morgan fingerprint density at radius 2 is 2.00 bits per heavy atom. The Balaban J connectivity index is 1.72. The van der Waals surface area contributed by atoms with Crippen LogP contribution in [0.2, 0.25) is 0 Å². The van der Waals surface area contributed by atoms with Crippen LogP contribution in [0.5, 0.6) is 0 Å². The van der Waals surface area contributed by atoms with E-state index in [4.69, 9.17) is 0 Å². The van der Waals surface area contributed by atoms with Gasteiger partial charge >= 0.3 is 0 Å². The number of rotatable bonds is 6. The largest absolute Gasteiger partial charge is 0.354 e. The highest BCUT2D eigenvalue weighted by Crippen LogP contribution is 2.33. The zero-order valence-electron chi connectivity index (χ0n) is 12.9. The summed E-state index contributed by atoms with van der Waals surface area (Å²) < 4.78 is 22.8. The quantitative estimate of drug-likeness (QED) is 0.782. The molecule has 1 aliphatic heterocycles. The maximum absolute atomic E-state index is 12.0. The number of carbonyl (C=O) groups is 1. The number of likely N-dealkylation sites (N-methyl/N-ethyl adjacent to an activating group) is 1. The lowest BCUT2D eigenvalue weighted by molar-refractivity contribution is -0.119. The van der Waals surface area contributed by atoms with Gasteiger partial charge in [0.15, 0.2) is 9.84 Å². The predicted octanol–water partition coefficient (Wildman–Crippen LogP) is 0.897. The number of hydrogen-bond acceptors (Lipinski definition) is 5. The van der Waals surface area contributed by atoms with Crippen LogP contribution in [-0.4, -0.2) is 67.9 Å². The second-order valence-corrected chi connectivity index (χ2v) is 9.96. The molecule has 0 aromatic carbocycles. The van der Waals surface area contributed by atoms with E-state index in [0.29, 0.717) is 18.7 Å². The van der Waals surface area contributed by atoms with Gasteiger partial charge in [-0.15, -0.1) is 11.8 Å². The van der Waals surface area contributed by atoms with Gasteiger partial charge in [-0.05, 0) is 33.4 Å². The van der Waals surface area contributed by atoms with Crippen molar-refractivity contribution in [3.05, 3.63) is 0 Å². The van der Waals surface area contributed by atoms with Crippen LogP contribution in [0, 0.1) is 0 Å². The molecule has 1 aliphatic carbocycles. The van der Waals surface area contributed by atoms with E-state index in [1.165, 1.54) is 24.6 Å². The molecule has 0 unspecified atom stereocenters. The van der Waals surface area contributed by atoms with Gasteiger partial charge in [0, 0.05) is 17.3 Å². The van der Waals surface area contributed by atoms with Crippen molar-refractivity contribution in [2.75, 3.05) is 37.9 Å². The number of thioether (sulfide) groups is 1. The first kappa shape index (κ1) is 17.1. The lowest BCUT2D eigenvalue weighted by Crippen LogP contribution is -2.51. The van der Waals surface area contributed by atoms with Crippen LogP contribution in [-0.2, 0) is 14.6 Å². The van der Waals surface area contributed by atoms with Gasteiger partial charge < -0.3 is 10.2 Å². The summed E-state index contributed by atoms with van der Waals surface area (Å²) in [5, 5.41) is 3.13. The van der Waals surface area contributed by atoms with Crippen LogP contribution >= 0.6 is 11.8 Å². The molecule has 5 nitrogen and oxygen atoms in total. The summed E-state index contributed by atoms with van der Waals surface area (Å²) >= 11 is 1.48. The Morgan fingerprint density at radius 3 is 2.52 bits per heavy atom. The summed E-state index contributed by atoms with van der Waals surface area (Å²) in [6, 6.07) is 0. The number of sulfone groups is 1. The highest BCUT2D eigenvalue weighted by molar-refractivity contribution is 8.02. The fourth-order valence-electron chi connectivity index (χ4n) is 3.22. The fourth-order valence-corrected chi connectivity index (χ4v) is 6.69. The number of nitrogens with zero attached hydrogens (tertiary/aromatic N) is 1. The van der Waals surface area contributed by atoms with E-state index in [1.54, 1.807) is 0 Å². The van der Waals surface area contributed by atoms with Crippen molar-refractivity contribution >= 4 is 27.5 Å². The molecule has 122 valence electrons. The Labute approximate surface area is 132 Å². The van der Waals surface area contributed by atoms with Gasteiger partial charge in [0.2, 0.25) is 5.91 Å². The van der Waals surface area contributed by atoms with Crippen molar-refractivity contribution in [2.45, 2.75) is 42.9 Å². The van der Waals surface area contributed by atoms with E-state index < -0.39 is 9.84 Å². The molecule has 1 saturated carbocycles. The average Bonchev–Trinajstić information content (AvgIpc) is 3.01. The number of amides is 1. The summed E-state index contributed by atoms with van der Waals surface area (Å²) in [7, 11) is 1.31. The number of hydrogen-bond donors (Lipinski definition) is 1. The second kappa shape index (κ2) is 6.87. The van der Waals surface area contributed by atoms with Gasteiger partial charge in [-0.2, -0.15) is 0 Å². The third-order valence-electron chi connectivity index (χ3n) is 4.74. The van der Waals surface area contributed by atoms with Crippen molar-refractivity contribution in [1.82, 2.24) is 10.2 Å². The number of carbonyl (C=O) groups excluding carboxylic acids is 1. The zero-order chi connectivity index (χ0) is 15.5. The Morgan fingerprint density at radius 1 is 1.33 bits per heavy atom. The van der Waals surface area contributed by atoms with E-state index in [-0.39, 0.29) is 28.2 Å². The lowest BCUT2D eigenvalue weighted by atomic mass is 9.96. The van der Waals surface area contributed by atoms with Crippen molar-refractivity contribution in [3.63, 3.8) is 0 Å². The molecule has 1 atom stereocenters. The lowest BCUT2D eigenvalue weighted by Gasteiger charge is -2.36. The van der Waals surface area contributed by atoms with E-state index in [2.05, 4.69) is 24.3 Å². The third kappa shape index (κ3) is 4.60. The molecule has 0 spiro atoms. The molecule has 2 rings (SSSR count). The Hall–Kier alpha value is -0.270. The molecule has 2 fully saturated rings. The minimum absolute atomic E-state index is 0.0254. The summed E-state index contributed by atoms with van der Waals surface area (Å²) in [6.07, 6.45) is 5.40. The molecule has 2 aliphatic rings. The van der Waals surface area contributed by atoms with Crippen LogP contribution in [0.25, 0.3) is 0 Å². The SMILES string of the molecule is CN(C)C1(CNC(=O)CS[C@H]2CCS(=O)(=O)C2)CCCC1. The van der Waals surface area contributed by atoms with E-state index in [0.717, 1.165) is 12.8 Å². The summed E-state index contributed by atoms with van der Waals surface area (Å²) in [6.45, 7) is 0.697. The molecular formula is C14H26N2O3S2. The monoisotopic (exact) mass is 334 g/mol. The van der Waals surface area contributed by atoms with Crippen LogP contribution in [0.15, 0.2) is 0 Å².